The van der Waals surface area contributed by atoms with Crippen molar-refractivity contribution >= 4 is 6.03 Å². The molecule has 3 atom stereocenters. The van der Waals surface area contributed by atoms with Crippen molar-refractivity contribution in [2.45, 2.75) is 44.4 Å². The van der Waals surface area contributed by atoms with Crippen molar-refractivity contribution in [2.75, 3.05) is 13.2 Å². The van der Waals surface area contributed by atoms with Gasteiger partial charge in [-0.2, -0.15) is 0 Å². The molecule has 1 aromatic rings. The van der Waals surface area contributed by atoms with Crippen LogP contribution in [0, 0.1) is 0 Å². The summed E-state index contributed by atoms with van der Waals surface area (Å²) in [6, 6.07) is 8.99. The van der Waals surface area contributed by atoms with E-state index in [1.807, 2.05) is 37.3 Å². The minimum absolute atomic E-state index is 0.0332. The average molecular weight is 292 g/mol. The molecule has 116 valence electrons. The molecule has 5 nitrogen and oxygen atoms in total. The Labute approximate surface area is 125 Å². The van der Waals surface area contributed by atoms with Crippen LogP contribution in [0.5, 0.6) is 0 Å². The van der Waals surface area contributed by atoms with E-state index in [4.69, 9.17) is 4.74 Å². The maximum absolute atomic E-state index is 11.9. The van der Waals surface area contributed by atoms with Crippen molar-refractivity contribution in [1.82, 2.24) is 10.6 Å². The summed E-state index contributed by atoms with van der Waals surface area (Å²) in [6.45, 7) is 4.54. The second-order valence-electron chi connectivity index (χ2n) is 5.81. The quantitative estimate of drug-likeness (QED) is 0.774. The van der Waals surface area contributed by atoms with Crippen LogP contribution < -0.4 is 10.6 Å². The zero-order chi connectivity index (χ0) is 15.3. The van der Waals surface area contributed by atoms with Crippen LogP contribution in [0.3, 0.4) is 0 Å². The first-order chi connectivity index (χ1) is 9.99. The predicted molar refractivity (Wildman–Crippen MR) is 81.0 cm³/mol. The van der Waals surface area contributed by atoms with Crippen molar-refractivity contribution < 1.29 is 14.6 Å². The molecule has 1 heterocycles. The number of hydrogen-bond donors (Lipinski definition) is 3. The van der Waals surface area contributed by atoms with E-state index in [0.29, 0.717) is 0 Å². The monoisotopic (exact) mass is 292 g/mol. The van der Waals surface area contributed by atoms with Crippen molar-refractivity contribution in [1.29, 1.82) is 0 Å². The van der Waals surface area contributed by atoms with Crippen LogP contribution in [0.15, 0.2) is 30.3 Å². The highest BCUT2D eigenvalue weighted by molar-refractivity contribution is 5.74. The van der Waals surface area contributed by atoms with Crippen molar-refractivity contribution in [2.24, 2.45) is 0 Å². The van der Waals surface area contributed by atoms with Gasteiger partial charge >= 0.3 is 6.03 Å². The molecule has 2 amide bonds. The van der Waals surface area contributed by atoms with Gasteiger partial charge in [0, 0.05) is 6.61 Å². The SMILES string of the molecule is CC(NC(=O)NCC(C)(O)c1ccccc1)C1CCCO1. The molecule has 0 saturated carbocycles. The Morgan fingerprint density at radius 2 is 2.19 bits per heavy atom. The molecule has 1 saturated heterocycles. The maximum atomic E-state index is 11.9. The summed E-state index contributed by atoms with van der Waals surface area (Å²) in [7, 11) is 0. The third-order valence-electron chi connectivity index (χ3n) is 3.87. The molecule has 5 heteroatoms. The molecule has 0 bridgehead atoms. The van der Waals surface area contributed by atoms with E-state index in [-0.39, 0.29) is 24.7 Å². The Morgan fingerprint density at radius 1 is 1.48 bits per heavy atom. The third kappa shape index (κ3) is 4.44. The number of hydrogen-bond acceptors (Lipinski definition) is 3. The summed E-state index contributed by atoms with van der Waals surface area (Å²) in [4.78, 5) is 11.9. The Kier molecular flexibility index (Phi) is 5.20. The van der Waals surface area contributed by atoms with E-state index in [1.54, 1.807) is 6.92 Å². The summed E-state index contributed by atoms with van der Waals surface area (Å²) >= 11 is 0. The van der Waals surface area contributed by atoms with Gasteiger partial charge in [0.1, 0.15) is 5.60 Å². The second kappa shape index (κ2) is 6.91. The van der Waals surface area contributed by atoms with E-state index < -0.39 is 5.60 Å². The van der Waals surface area contributed by atoms with Gasteiger partial charge in [-0.15, -0.1) is 0 Å². The molecule has 21 heavy (non-hydrogen) atoms. The maximum Gasteiger partial charge on any atom is 0.315 e. The van der Waals surface area contributed by atoms with Crippen LogP contribution in [0.1, 0.15) is 32.3 Å². The highest BCUT2D eigenvalue weighted by Crippen LogP contribution is 2.19. The van der Waals surface area contributed by atoms with Crippen LogP contribution in [0.25, 0.3) is 0 Å². The summed E-state index contributed by atoms with van der Waals surface area (Å²) in [5.41, 5.74) is -0.316. The standard InChI is InChI=1S/C16H24N2O3/c1-12(14-9-6-10-21-14)18-15(19)17-11-16(2,20)13-7-4-3-5-8-13/h3-5,7-8,12,14,20H,6,9-11H2,1-2H3,(H2,17,18,19). The summed E-state index contributed by atoms with van der Waals surface area (Å²) in [5, 5.41) is 16.0. The molecule has 1 aliphatic rings. The number of nitrogens with one attached hydrogen (secondary N) is 2. The zero-order valence-electron chi connectivity index (χ0n) is 12.6. The third-order valence-corrected chi connectivity index (χ3v) is 3.87. The molecular weight excluding hydrogens is 268 g/mol. The highest BCUT2D eigenvalue weighted by atomic mass is 16.5. The highest BCUT2D eigenvalue weighted by Gasteiger charge is 2.26. The lowest BCUT2D eigenvalue weighted by atomic mass is 9.96. The Hall–Kier alpha value is -1.59. The predicted octanol–water partition coefficient (Wildman–Crippen LogP) is 1.76. The van der Waals surface area contributed by atoms with Gasteiger partial charge in [-0.05, 0) is 32.3 Å². The number of rotatable bonds is 5. The lowest BCUT2D eigenvalue weighted by molar-refractivity contribution is 0.0581. The molecule has 0 aromatic heterocycles. The van der Waals surface area contributed by atoms with E-state index >= 15 is 0 Å². The normalized spacial score (nSPS) is 22.3. The van der Waals surface area contributed by atoms with Crippen LogP contribution in [0.2, 0.25) is 0 Å². The number of amides is 2. The average Bonchev–Trinajstić information content (AvgIpc) is 3.00. The van der Waals surface area contributed by atoms with E-state index in [2.05, 4.69) is 10.6 Å². The summed E-state index contributed by atoms with van der Waals surface area (Å²) < 4.78 is 5.54. The summed E-state index contributed by atoms with van der Waals surface area (Å²) in [5.74, 6) is 0. The van der Waals surface area contributed by atoms with E-state index in [1.165, 1.54) is 0 Å². The topological polar surface area (TPSA) is 70.6 Å². The van der Waals surface area contributed by atoms with Crippen LogP contribution in [0.4, 0.5) is 4.79 Å². The van der Waals surface area contributed by atoms with Crippen molar-refractivity contribution in [3.8, 4) is 0 Å². The molecule has 3 unspecified atom stereocenters. The van der Waals surface area contributed by atoms with Gasteiger partial charge in [-0.1, -0.05) is 30.3 Å². The van der Waals surface area contributed by atoms with Gasteiger partial charge < -0.3 is 20.5 Å². The van der Waals surface area contributed by atoms with Crippen LogP contribution in [-0.2, 0) is 10.3 Å². The first kappa shape index (κ1) is 15.8. The molecule has 0 aliphatic carbocycles. The fraction of sp³-hybridized carbons (Fsp3) is 0.562. The Bertz CT molecular complexity index is 456. The number of urea groups is 1. The molecule has 1 fully saturated rings. The second-order valence-corrected chi connectivity index (χ2v) is 5.81. The van der Waals surface area contributed by atoms with Gasteiger partial charge in [-0.3, -0.25) is 0 Å². The smallest absolute Gasteiger partial charge is 0.315 e. The van der Waals surface area contributed by atoms with Crippen molar-refractivity contribution in [3.63, 3.8) is 0 Å². The first-order valence-corrected chi connectivity index (χ1v) is 7.43. The van der Waals surface area contributed by atoms with Gasteiger partial charge in [0.2, 0.25) is 0 Å². The van der Waals surface area contributed by atoms with Crippen LogP contribution >= 0.6 is 0 Å². The zero-order valence-corrected chi connectivity index (χ0v) is 12.6. The summed E-state index contributed by atoms with van der Waals surface area (Å²) in [6.07, 6.45) is 2.11. The Morgan fingerprint density at radius 3 is 2.81 bits per heavy atom. The fourth-order valence-electron chi connectivity index (χ4n) is 2.50. The van der Waals surface area contributed by atoms with Gasteiger partial charge in [0.05, 0.1) is 18.7 Å². The van der Waals surface area contributed by atoms with Gasteiger partial charge in [0.15, 0.2) is 0 Å². The molecule has 1 aliphatic heterocycles. The lowest BCUT2D eigenvalue weighted by Crippen LogP contribution is -2.49. The number of ether oxygens (including phenoxy) is 1. The number of aliphatic hydroxyl groups is 1. The molecule has 1 aromatic carbocycles. The number of benzene rings is 1. The fourth-order valence-corrected chi connectivity index (χ4v) is 2.50. The van der Waals surface area contributed by atoms with E-state index in [9.17, 15) is 9.90 Å². The first-order valence-electron chi connectivity index (χ1n) is 7.43. The molecule has 0 radical (unpaired) electrons. The largest absolute Gasteiger partial charge is 0.384 e. The molecule has 3 N–H and O–H groups in total. The Balaban J connectivity index is 1.80. The van der Waals surface area contributed by atoms with Crippen molar-refractivity contribution in [3.05, 3.63) is 35.9 Å². The lowest BCUT2D eigenvalue weighted by Gasteiger charge is -2.25. The van der Waals surface area contributed by atoms with Gasteiger partial charge in [-0.25, -0.2) is 4.79 Å². The minimum Gasteiger partial charge on any atom is -0.384 e. The number of carbonyl (C=O) groups excluding carboxylic acids is 1. The molecular formula is C16H24N2O3. The molecule has 0 spiro atoms. The van der Waals surface area contributed by atoms with E-state index in [0.717, 1.165) is 25.0 Å². The number of carbonyl (C=O) groups is 1. The molecule has 2 rings (SSSR count). The van der Waals surface area contributed by atoms with Gasteiger partial charge in [0.25, 0.3) is 0 Å². The minimum atomic E-state index is -1.09. The van der Waals surface area contributed by atoms with Crippen LogP contribution in [-0.4, -0.2) is 36.4 Å².